The number of aliphatic hydroxyl groups excluding tert-OH is 1. The number of aliphatic hydroxyl groups is 1. The highest BCUT2D eigenvalue weighted by atomic mass is 16.6. The molecule has 2 atom stereocenters. The van der Waals surface area contributed by atoms with Crippen molar-refractivity contribution in [2.45, 2.75) is 45.2 Å². The maximum absolute atomic E-state index is 12.0. The van der Waals surface area contributed by atoms with E-state index in [4.69, 9.17) is 9.84 Å². The molecule has 0 aromatic rings. The smallest absolute Gasteiger partial charge is 0.410 e. The van der Waals surface area contributed by atoms with Crippen molar-refractivity contribution < 1.29 is 14.6 Å². The first-order chi connectivity index (χ1) is 8.62. The lowest BCUT2D eigenvalue weighted by molar-refractivity contribution is 0.0689. The Bertz CT molecular complexity index is 266. The Morgan fingerprint density at radius 3 is 2.56 bits per heavy atom. The maximum atomic E-state index is 12.0. The number of carbonyl (C=O) groups is 1. The molecule has 2 unspecified atom stereocenters. The maximum Gasteiger partial charge on any atom is 0.410 e. The predicted octanol–water partition coefficient (Wildman–Crippen LogP) is 2.74. The van der Waals surface area contributed by atoms with E-state index in [1.165, 1.54) is 0 Å². The molecule has 0 spiro atoms. The number of hydrogen-bond acceptors (Lipinski definition) is 3. The molecule has 0 fully saturated rings. The standard InChI is InChI=1S/C14H25NO3/c1-5-8-13(7-3)15(12(4)9-10-16)14(17)18-11-6-2/h5-6,12-13,16H,1-2,7-11H2,3-4H3. The number of nitrogens with zero attached hydrogens (tertiary/aromatic N) is 1. The highest BCUT2D eigenvalue weighted by molar-refractivity contribution is 5.68. The molecule has 4 nitrogen and oxygen atoms in total. The Morgan fingerprint density at radius 1 is 1.44 bits per heavy atom. The molecule has 0 heterocycles. The summed E-state index contributed by atoms with van der Waals surface area (Å²) in [5.74, 6) is 0. The van der Waals surface area contributed by atoms with E-state index in [1.807, 2.05) is 13.8 Å². The van der Waals surface area contributed by atoms with Gasteiger partial charge in [-0.05, 0) is 26.2 Å². The fourth-order valence-electron chi connectivity index (χ4n) is 1.89. The molecule has 0 saturated heterocycles. The molecule has 104 valence electrons. The van der Waals surface area contributed by atoms with Crippen molar-refractivity contribution in [2.75, 3.05) is 13.2 Å². The highest BCUT2D eigenvalue weighted by Crippen LogP contribution is 2.17. The van der Waals surface area contributed by atoms with Crippen LogP contribution in [0.15, 0.2) is 25.3 Å². The third-order valence-electron chi connectivity index (χ3n) is 2.86. The van der Waals surface area contributed by atoms with Crippen LogP contribution in [-0.4, -0.2) is 41.4 Å². The lowest BCUT2D eigenvalue weighted by Crippen LogP contribution is -2.46. The Kier molecular flexibility index (Phi) is 9.01. The van der Waals surface area contributed by atoms with Gasteiger partial charge >= 0.3 is 6.09 Å². The molecule has 0 aromatic carbocycles. The summed E-state index contributed by atoms with van der Waals surface area (Å²) in [5.41, 5.74) is 0. The molecule has 1 N–H and O–H groups in total. The molecule has 0 aliphatic carbocycles. The van der Waals surface area contributed by atoms with E-state index in [0.717, 1.165) is 12.8 Å². The van der Waals surface area contributed by atoms with E-state index >= 15 is 0 Å². The molecule has 0 saturated carbocycles. The summed E-state index contributed by atoms with van der Waals surface area (Å²) >= 11 is 0. The molecule has 18 heavy (non-hydrogen) atoms. The Labute approximate surface area is 110 Å². The van der Waals surface area contributed by atoms with Crippen LogP contribution in [0, 0.1) is 0 Å². The minimum atomic E-state index is -0.357. The van der Waals surface area contributed by atoms with Crippen LogP contribution in [-0.2, 0) is 4.74 Å². The zero-order chi connectivity index (χ0) is 14.0. The predicted molar refractivity (Wildman–Crippen MR) is 73.4 cm³/mol. The SMILES string of the molecule is C=CCOC(=O)N(C(C)CCO)C(CC)CC=C. The molecular weight excluding hydrogens is 230 g/mol. The minimum absolute atomic E-state index is 0.0525. The van der Waals surface area contributed by atoms with Crippen molar-refractivity contribution in [3.05, 3.63) is 25.3 Å². The first kappa shape index (κ1) is 16.7. The second-order valence-corrected chi connectivity index (χ2v) is 4.22. The molecule has 4 heteroatoms. The van der Waals surface area contributed by atoms with Crippen LogP contribution in [0.25, 0.3) is 0 Å². The summed E-state index contributed by atoms with van der Waals surface area (Å²) < 4.78 is 5.10. The molecule has 0 rings (SSSR count). The fraction of sp³-hybridized carbons (Fsp3) is 0.643. The van der Waals surface area contributed by atoms with E-state index in [2.05, 4.69) is 13.2 Å². The average Bonchev–Trinajstić information content (AvgIpc) is 2.35. The van der Waals surface area contributed by atoms with Gasteiger partial charge in [0.15, 0.2) is 0 Å². The fourth-order valence-corrected chi connectivity index (χ4v) is 1.89. The van der Waals surface area contributed by atoms with Crippen molar-refractivity contribution >= 4 is 6.09 Å². The van der Waals surface area contributed by atoms with Gasteiger partial charge in [-0.2, -0.15) is 0 Å². The van der Waals surface area contributed by atoms with Gasteiger partial charge in [-0.1, -0.05) is 25.7 Å². The first-order valence-electron chi connectivity index (χ1n) is 6.40. The van der Waals surface area contributed by atoms with Crippen LogP contribution in [0.3, 0.4) is 0 Å². The van der Waals surface area contributed by atoms with Crippen LogP contribution in [0.5, 0.6) is 0 Å². The Balaban J connectivity index is 4.82. The molecule has 0 aliphatic heterocycles. The summed E-state index contributed by atoms with van der Waals surface area (Å²) in [6.07, 6.45) is 5.07. The van der Waals surface area contributed by atoms with Crippen molar-refractivity contribution in [3.63, 3.8) is 0 Å². The first-order valence-corrected chi connectivity index (χ1v) is 6.40. The third kappa shape index (κ3) is 5.36. The molecule has 1 amide bonds. The van der Waals surface area contributed by atoms with Gasteiger partial charge < -0.3 is 14.7 Å². The summed E-state index contributed by atoms with van der Waals surface area (Å²) in [6.45, 7) is 11.4. The van der Waals surface area contributed by atoms with Crippen LogP contribution in [0.2, 0.25) is 0 Å². The normalized spacial score (nSPS) is 13.5. The molecule has 0 radical (unpaired) electrons. The second kappa shape index (κ2) is 9.71. The zero-order valence-corrected chi connectivity index (χ0v) is 11.5. The number of amides is 1. The number of hydrogen-bond donors (Lipinski definition) is 1. The van der Waals surface area contributed by atoms with Crippen molar-refractivity contribution in [1.29, 1.82) is 0 Å². The molecule has 0 bridgehead atoms. The average molecular weight is 255 g/mol. The molecule has 0 aromatic heterocycles. The second-order valence-electron chi connectivity index (χ2n) is 4.22. The van der Waals surface area contributed by atoms with Gasteiger partial charge in [-0.3, -0.25) is 0 Å². The van der Waals surface area contributed by atoms with Gasteiger partial charge in [0.05, 0.1) is 0 Å². The van der Waals surface area contributed by atoms with Gasteiger partial charge in [0, 0.05) is 18.7 Å². The van der Waals surface area contributed by atoms with Crippen LogP contribution in [0.1, 0.15) is 33.1 Å². The van der Waals surface area contributed by atoms with Crippen LogP contribution < -0.4 is 0 Å². The van der Waals surface area contributed by atoms with Crippen LogP contribution >= 0.6 is 0 Å². The zero-order valence-electron chi connectivity index (χ0n) is 11.5. The summed E-state index contributed by atoms with van der Waals surface area (Å²) in [5, 5.41) is 9.01. The lowest BCUT2D eigenvalue weighted by Gasteiger charge is -2.34. The molecule has 0 aliphatic rings. The lowest BCUT2D eigenvalue weighted by atomic mass is 10.1. The van der Waals surface area contributed by atoms with E-state index in [-0.39, 0.29) is 31.4 Å². The quantitative estimate of drug-likeness (QED) is 0.644. The van der Waals surface area contributed by atoms with Gasteiger partial charge in [-0.25, -0.2) is 4.79 Å². The van der Waals surface area contributed by atoms with Crippen molar-refractivity contribution in [3.8, 4) is 0 Å². The number of carbonyl (C=O) groups excluding carboxylic acids is 1. The van der Waals surface area contributed by atoms with Crippen molar-refractivity contribution in [1.82, 2.24) is 4.90 Å². The minimum Gasteiger partial charge on any atom is -0.445 e. The topological polar surface area (TPSA) is 49.8 Å². The third-order valence-corrected chi connectivity index (χ3v) is 2.86. The number of ether oxygens (including phenoxy) is 1. The van der Waals surface area contributed by atoms with E-state index in [1.54, 1.807) is 17.1 Å². The Hall–Kier alpha value is -1.29. The highest BCUT2D eigenvalue weighted by Gasteiger charge is 2.27. The largest absolute Gasteiger partial charge is 0.445 e. The van der Waals surface area contributed by atoms with E-state index in [9.17, 15) is 4.79 Å². The van der Waals surface area contributed by atoms with Gasteiger partial charge in [0.2, 0.25) is 0 Å². The Morgan fingerprint density at radius 2 is 2.11 bits per heavy atom. The van der Waals surface area contributed by atoms with Crippen molar-refractivity contribution in [2.24, 2.45) is 0 Å². The van der Waals surface area contributed by atoms with Gasteiger partial charge in [0.25, 0.3) is 0 Å². The summed E-state index contributed by atoms with van der Waals surface area (Å²) in [4.78, 5) is 13.7. The van der Waals surface area contributed by atoms with E-state index in [0.29, 0.717) is 6.42 Å². The summed E-state index contributed by atoms with van der Waals surface area (Å²) in [7, 11) is 0. The van der Waals surface area contributed by atoms with Gasteiger partial charge in [-0.15, -0.1) is 6.58 Å². The molecular formula is C14H25NO3. The van der Waals surface area contributed by atoms with Gasteiger partial charge in [0.1, 0.15) is 6.61 Å². The van der Waals surface area contributed by atoms with Crippen LogP contribution in [0.4, 0.5) is 4.79 Å². The summed E-state index contributed by atoms with van der Waals surface area (Å²) in [6, 6.07) is -0.00131. The monoisotopic (exact) mass is 255 g/mol. The number of rotatable bonds is 9. The van der Waals surface area contributed by atoms with E-state index < -0.39 is 0 Å².